The number of rotatable bonds is 2. The maximum Gasteiger partial charge on any atom is 0.345 e. The summed E-state index contributed by atoms with van der Waals surface area (Å²) in [5.74, 6) is 0.830. The van der Waals surface area contributed by atoms with E-state index in [2.05, 4.69) is 4.40 Å². The topological polar surface area (TPSA) is 88.5 Å². The van der Waals surface area contributed by atoms with Gasteiger partial charge in [-0.05, 0) is 50.5 Å². The van der Waals surface area contributed by atoms with Gasteiger partial charge < -0.3 is 14.4 Å². The van der Waals surface area contributed by atoms with E-state index in [1.54, 1.807) is 23.1 Å². The first kappa shape index (κ1) is 17.8. The number of allylic oxidation sites excluding steroid dienone is 1. The van der Waals surface area contributed by atoms with E-state index in [4.69, 9.17) is 9.47 Å². The maximum absolute atomic E-state index is 13.1. The Labute approximate surface area is 158 Å². The Morgan fingerprint density at radius 3 is 2.78 bits per heavy atom. The first-order valence-electron chi connectivity index (χ1n) is 8.88. The summed E-state index contributed by atoms with van der Waals surface area (Å²) in [5.41, 5.74) is 0.860. The molecule has 0 bridgehead atoms. The zero-order chi connectivity index (χ0) is 19.2. The Hall–Kier alpha value is -2.55. The number of ether oxygens (including phenoxy) is 2. The predicted molar refractivity (Wildman–Crippen MR) is 98.9 cm³/mol. The second-order valence-electron chi connectivity index (χ2n) is 6.86. The predicted octanol–water partition coefficient (Wildman–Crippen LogP) is 1.68. The van der Waals surface area contributed by atoms with E-state index in [9.17, 15) is 13.2 Å². The van der Waals surface area contributed by atoms with Crippen LogP contribution in [0, 0.1) is 0 Å². The molecule has 4 rings (SSSR count). The molecule has 1 amide bonds. The fraction of sp³-hybridized carbons (Fsp3) is 0.444. The number of piperidine rings is 1. The molecular formula is C18H21N3O5S. The standard InChI is InChI=1S/C18H21N3O5S/c1-12-5-3-4-8-21(12)18(22)15-10-14(19-27(23,24)20(15)2)13-6-7-16-17(9-13)26-11-25-16/h6-7,9-10,12H,3-5,8,11H2,1-2H3/t12-/m1/s1. The molecule has 0 radical (unpaired) electrons. The van der Waals surface area contributed by atoms with Crippen LogP contribution in [-0.4, -0.2) is 55.7 Å². The zero-order valence-electron chi connectivity index (χ0n) is 15.2. The van der Waals surface area contributed by atoms with Gasteiger partial charge in [0.2, 0.25) is 6.79 Å². The molecule has 1 fully saturated rings. The van der Waals surface area contributed by atoms with Gasteiger partial charge in [-0.2, -0.15) is 8.42 Å². The highest BCUT2D eigenvalue weighted by molar-refractivity contribution is 7.88. The second-order valence-corrected chi connectivity index (χ2v) is 8.49. The highest BCUT2D eigenvalue weighted by Gasteiger charge is 2.34. The molecule has 1 saturated heterocycles. The summed E-state index contributed by atoms with van der Waals surface area (Å²) in [4.78, 5) is 14.8. The first-order chi connectivity index (χ1) is 12.9. The smallest absolute Gasteiger partial charge is 0.345 e. The van der Waals surface area contributed by atoms with E-state index >= 15 is 0 Å². The minimum Gasteiger partial charge on any atom is -0.454 e. The van der Waals surface area contributed by atoms with E-state index in [1.165, 1.54) is 13.1 Å². The number of amides is 1. The van der Waals surface area contributed by atoms with Crippen LogP contribution in [0.5, 0.6) is 11.5 Å². The highest BCUT2D eigenvalue weighted by atomic mass is 32.2. The minimum atomic E-state index is -3.99. The number of hydrogen-bond acceptors (Lipinski definition) is 5. The summed E-state index contributed by atoms with van der Waals surface area (Å²) in [7, 11) is -2.63. The summed E-state index contributed by atoms with van der Waals surface area (Å²) < 4.78 is 40.5. The van der Waals surface area contributed by atoms with Crippen LogP contribution in [0.3, 0.4) is 0 Å². The monoisotopic (exact) mass is 391 g/mol. The largest absolute Gasteiger partial charge is 0.454 e. The number of nitrogens with zero attached hydrogens (tertiary/aromatic N) is 3. The van der Waals surface area contributed by atoms with Gasteiger partial charge in [-0.15, -0.1) is 4.40 Å². The van der Waals surface area contributed by atoms with Crippen LogP contribution in [-0.2, 0) is 15.0 Å². The number of likely N-dealkylation sites (tertiary alicyclic amines) is 1. The minimum absolute atomic E-state index is 0.0797. The van der Waals surface area contributed by atoms with Crippen LogP contribution in [0.4, 0.5) is 0 Å². The van der Waals surface area contributed by atoms with Crippen molar-refractivity contribution in [3.8, 4) is 11.5 Å². The molecule has 0 saturated carbocycles. The van der Waals surface area contributed by atoms with Crippen LogP contribution in [0.15, 0.2) is 34.4 Å². The third-order valence-corrected chi connectivity index (χ3v) is 6.44. The molecule has 1 atom stereocenters. The van der Waals surface area contributed by atoms with E-state index in [1.807, 2.05) is 6.92 Å². The van der Waals surface area contributed by atoms with Gasteiger partial charge in [-0.1, -0.05) is 0 Å². The van der Waals surface area contributed by atoms with Crippen LogP contribution in [0.2, 0.25) is 0 Å². The number of fused-ring (bicyclic) bond motifs is 1. The lowest BCUT2D eigenvalue weighted by Gasteiger charge is -2.36. The molecule has 1 aromatic carbocycles. The van der Waals surface area contributed by atoms with Crippen molar-refractivity contribution in [1.29, 1.82) is 0 Å². The number of carbonyl (C=O) groups is 1. The van der Waals surface area contributed by atoms with Crippen molar-refractivity contribution in [1.82, 2.24) is 9.21 Å². The summed E-state index contributed by atoms with van der Waals surface area (Å²) >= 11 is 0. The molecule has 0 unspecified atom stereocenters. The van der Waals surface area contributed by atoms with Gasteiger partial charge in [-0.25, -0.2) is 4.31 Å². The average Bonchev–Trinajstić information content (AvgIpc) is 3.11. The van der Waals surface area contributed by atoms with Gasteiger partial charge in [0.1, 0.15) is 5.70 Å². The summed E-state index contributed by atoms with van der Waals surface area (Å²) in [6, 6.07) is 5.16. The van der Waals surface area contributed by atoms with Crippen LogP contribution in [0.25, 0.3) is 0 Å². The van der Waals surface area contributed by atoms with E-state index in [-0.39, 0.29) is 30.2 Å². The average molecular weight is 391 g/mol. The molecule has 3 aliphatic heterocycles. The lowest BCUT2D eigenvalue weighted by atomic mass is 10.0. The first-order valence-corrected chi connectivity index (χ1v) is 10.3. The Morgan fingerprint density at radius 1 is 1.22 bits per heavy atom. The van der Waals surface area contributed by atoms with Crippen LogP contribution >= 0.6 is 0 Å². The molecule has 3 aliphatic rings. The molecule has 8 nitrogen and oxygen atoms in total. The number of carbonyl (C=O) groups excluding carboxylic acids is 1. The highest BCUT2D eigenvalue weighted by Crippen LogP contribution is 2.34. The van der Waals surface area contributed by atoms with Crippen molar-refractivity contribution in [3.63, 3.8) is 0 Å². The summed E-state index contributed by atoms with van der Waals surface area (Å²) in [6.07, 6.45) is 4.44. The van der Waals surface area contributed by atoms with Crippen molar-refractivity contribution in [3.05, 3.63) is 35.5 Å². The van der Waals surface area contributed by atoms with Gasteiger partial charge in [0.25, 0.3) is 5.91 Å². The number of benzene rings is 1. The molecule has 1 aromatic rings. The summed E-state index contributed by atoms with van der Waals surface area (Å²) in [5, 5.41) is 0. The third kappa shape index (κ3) is 3.16. The molecule has 3 heterocycles. The molecule has 0 aromatic heterocycles. The summed E-state index contributed by atoms with van der Waals surface area (Å²) in [6.45, 7) is 2.74. The molecule has 0 aliphatic carbocycles. The SMILES string of the molecule is C[C@@H]1CCCCN1C(=O)C1=CC(c2ccc3c(c2)OCO3)=NS(=O)(=O)N1C. The van der Waals surface area contributed by atoms with Gasteiger partial charge in [-0.3, -0.25) is 4.79 Å². The molecular weight excluding hydrogens is 370 g/mol. The lowest BCUT2D eigenvalue weighted by molar-refractivity contribution is -0.131. The molecule has 0 N–H and O–H groups in total. The number of hydrogen-bond donors (Lipinski definition) is 0. The van der Waals surface area contributed by atoms with Gasteiger partial charge in [0.05, 0.1) is 5.71 Å². The van der Waals surface area contributed by atoms with Crippen molar-refractivity contribution >= 4 is 21.8 Å². The quantitative estimate of drug-likeness (QED) is 0.765. The molecule has 27 heavy (non-hydrogen) atoms. The van der Waals surface area contributed by atoms with E-state index in [0.717, 1.165) is 23.6 Å². The van der Waals surface area contributed by atoms with Gasteiger partial charge in [0.15, 0.2) is 11.5 Å². The Bertz CT molecular complexity index is 954. The van der Waals surface area contributed by atoms with E-state index in [0.29, 0.717) is 23.6 Å². The second kappa shape index (κ2) is 6.56. The Kier molecular flexibility index (Phi) is 4.33. The Balaban J connectivity index is 1.73. The zero-order valence-corrected chi connectivity index (χ0v) is 16.0. The lowest BCUT2D eigenvalue weighted by Crippen LogP contribution is -2.46. The molecule has 0 spiro atoms. The van der Waals surface area contributed by atoms with Crippen molar-refractivity contribution < 1.29 is 22.7 Å². The van der Waals surface area contributed by atoms with Crippen molar-refractivity contribution in [2.45, 2.75) is 32.2 Å². The van der Waals surface area contributed by atoms with Crippen LogP contribution < -0.4 is 9.47 Å². The third-order valence-electron chi connectivity index (χ3n) is 5.12. The number of likely N-dealkylation sites (N-methyl/N-ethyl adjacent to an activating group) is 1. The van der Waals surface area contributed by atoms with Crippen molar-refractivity contribution in [2.75, 3.05) is 20.4 Å². The maximum atomic E-state index is 13.1. The fourth-order valence-electron chi connectivity index (χ4n) is 3.49. The normalized spacial score (nSPS) is 23.7. The van der Waals surface area contributed by atoms with Crippen LogP contribution in [0.1, 0.15) is 31.7 Å². The van der Waals surface area contributed by atoms with Gasteiger partial charge >= 0.3 is 10.2 Å². The molecule has 144 valence electrons. The Morgan fingerprint density at radius 2 is 2.00 bits per heavy atom. The van der Waals surface area contributed by atoms with Gasteiger partial charge in [0, 0.05) is 25.2 Å². The van der Waals surface area contributed by atoms with E-state index < -0.39 is 10.2 Å². The fourth-order valence-corrected chi connectivity index (χ4v) is 4.40. The molecule has 9 heteroatoms. The van der Waals surface area contributed by atoms with Crippen molar-refractivity contribution in [2.24, 2.45) is 4.40 Å².